The number of rotatable bonds is 11. The fourth-order valence-electron chi connectivity index (χ4n) is 4.91. The molecule has 214 valence electrons. The standard InChI is InChI=1S/C32H28N2O7S/c35-28(40-18-20-9-2-1-3-10-20)17-26(30(36)34-29(31(37)38)27-15-8-16-42-27)33-32(39)41-19-25-23-13-6-4-11-21(23)22-12-5-7-14-24(22)25/h1-16,25-26,29H,17-19H2,(H,33,39)(H,34,36)(H,37,38)/t26-,29?/m0/s1. The summed E-state index contributed by atoms with van der Waals surface area (Å²) in [5.74, 6) is -3.10. The average molecular weight is 585 g/mol. The van der Waals surface area contributed by atoms with Gasteiger partial charge in [0, 0.05) is 10.8 Å². The number of hydrogen-bond donors (Lipinski definition) is 3. The van der Waals surface area contributed by atoms with Gasteiger partial charge >= 0.3 is 18.0 Å². The van der Waals surface area contributed by atoms with E-state index in [0.29, 0.717) is 4.88 Å². The highest BCUT2D eigenvalue weighted by Crippen LogP contribution is 2.44. The van der Waals surface area contributed by atoms with E-state index in [1.165, 1.54) is 0 Å². The SMILES string of the molecule is O=C(C[C@H](NC(=O)OCC1c2ccccc2-c2ccccc21)C(=O)NC(C(=O)O)c1cccs1)OCc1ccccc1. The van der Waals surface area contributed by atoms with E-state index in [1.807, 2.05) is 54.6 Å². The highest BCUT2D eigenvalue weighted by atomic mass is 32.1. The van der Waals surface area contributed by atoms with Gasteiger partial charge in [-0.05, 0) is 39.3 Å². The number of esters is 1. The van der Waals surface area contributed by atoms with Gasteiger partial charge in [-0.25, -0.2) is 9.59 Å². The number of alkyl carbamates (subject to hydrolysis) is 1. The van der Waals surface area contributed by atoms with Crippen molar-refractivity contribution in [2.75, 3.05) is 6.61 Å². The maximum atomic E-state index is 13.2. The molecule has 0 spiro atoms. The van der Waals surface area contributed by atoms with Gasteiger partial charge in [0.15, 0.2) is 6.04 Å². The zero-order chi connectivity index (χ0) is 29.5. The summed E-state index contributed by atoms with van der Waals surface area (Å²) in [6, 6.07) is 25.2. The van der Waals surface area contributed by atoms with Gasteiger partial charge in [0.25, 0.3) is 0 Å². The summed E-state index contributed by atoms with van der Waals surface area (Å²) < 4.78 is 10.9. The van der Waals surface area contributed by atoms with Crippen LogP contribution in [0.1, 0.15) is 39.9 Å². The summed E-state index contributed by atoms with van der Waals surface area (Å²) in [6.45, 7) is -0.0223. The van der Waals surface area contributed by atoms with Crippen LogP contribution in [0.3, 0.4) is 0 Å². The molecule has 10 heteroatoms. The molecule has 1 aliphatic rings. The molecule has 2 atom stereocenters. The average Bonchev–Trinajstić information content (AvgIpc) is 3.64. The van der Waals surface area contributed by atoms with Crippen LogP contribution in [0.4, 0.5) is 4.79 Å². The summed E-state index contributed by atoms with van der Waals surface area (Å²) in [4.78, 5) is 51.2. The molecule has 5 rings (SSSR count). The maximum Gasteiger partial charge on any atom is 0.407 e. The number of carboxylic acid groups (broad SMARTS) is 1. The first-order chi connectivity index (χ1) is 20.4. The van der Waals surface area contributed by atoms with Crippen LogP contribution < -0.4 is 10.6 Å². The van der Waals surface area contributed by atoms with Gasteiger partial charge in [0.2, 0.25) is 5.91 Å². The van der Waals surface area contributed by atoms with E-state index >= 15 is 0 Å². The second kappa shape index (κ2) is 13.1. The van der Waals surface area contributed by atoms with Gasteiger partial charge in [-0.2, -0.15) is 0 Å². The molecule has 0 bridgehead atoms. The summed E-state index contributed by atoms with van der Waals surface area (Å²) in [6.07, 6.45) is -1.45. The summed E-state index contributed by atoms with van der Waals surface area (Å²) in [7, 11) is 0. The smallest absolute Gasteiger partial charge is 0.407 e. The predicted octanol–water partition coefficient (Wildman–Crippen LogP) is 5.03. The van der Waals surface area contributed by atoms with Gasteiger partial charge in [-0.3, -0.25) is 9.59 Å². The maximum absolute atomic E-state index is 13.2. The first kappa shape index (κ1) is 28.6. The quantitative estimate of drug-likeness (QED) is 0.211. The molecular formula is C32H28N2O7S. The number of nitrogens with one attached hydrogen (secondary N) is 2. The van der Waals surface area contributed by atoms with E-state index < -0.39 is 42.4 Å². The molecule has 1 heterocycles. The van der Waals surface area contributed by atoms with Crippen molar-refractivity contribution in [3.8, 4) is 11.1 Å². The molecule has 4 aromatic rings. The van der Waals surface area contributed by atoms with Crippen LogP contribution >= 0.6 is 11.3 Å². The van der Waals surface area contributed by atoms with E-state index in [-0.39, 0.29) is 19.1 Å². The molecule has 3 N–H and O–H groups in total. The largest absolute Gasteiger partial charge is 0.479 e. The van der Waals surface area contributed by atoms with Crippen LogP contribution in [0.15, 0.2) is 96.4 Å². The monoisotopic (exact) mass is 584 g/mol. The number of amides is 2. The molecule has 0 saturated heterocycles. The van der Waals surface area contributed by atoms with Gasteiger partial charge in [0.1, 0.15) is 19.3 Å². The number of aliphatic carboxylic acids is 1. The van der Waals surface area contributed by atoms with Crippen molar-refractivity contribution in [3.05, 3.63) is 118 Å². The van der Waals surface area contributed by atoms with Crippen molar-refractivity contribution in [1.82, 2.24) is 10.6 Å². The fourth-order valence-corrected chi connectivity index (χ4v) is 5.68. The van der Waals surface area contributed by atoms with Crippen molar-refractivity contribution >= 4 is 35.3 Å². The number of carboxylic acids is 1. The van der Waals surface area contributed by atoms with E-state index in [9.17, 15) is 24.3 Å². The zero-order valence-corrected chi connectivity index (χ0v) is 23.2. The first-order valence-electron chi connectivity index (χ1n) is 13.3. The first-order valence-corrected chi connectivity index (χ1v) is 14.2. The van der Waals surface area contributed by atoms with Crippen molar-refractivity contribution in [2.45, 2.75) is 31.0 Å². The van der Waals surface area contributed by atoms with Crippen LogP contribution in [0, 0.1) is 0 Å². The van der Waals surface area contributed by atoms with Crippen LogP contribution in [0.2, 0.25) is 0 Å². The molecule has 3 aromatic carbocycles. The lowest BCUT2D eigenvalue weighted by Gasteiger charge is -2.21. The van der Waals surface area contributed by atoms with Gasteiger partial charge in [-0.1, -0.05) is 84.9 Å². The minimum absolute atomic E-state index is 0.000398. The number of carbonyl (C=O) groups is 4. The Labute approximate surface area is 246 Å². The Balaban J connectivity index is 1.27. The lowest BCUT2D eigenvalue weighted by atomic mass is 9.98. The topological polar surface area (TPSA) is 131 Å². The Morgan fingerprint density at radius 3 is 2.05 bits per heavy atom. The van der Waals surface area contributed by atoms with E-state index in [4.69, 9.17) is 9.47 Å². The van der Waals surface area contributed by atoms with Gasteiger partial charge < -0.3 is 25.2 Å². The Morgan fingerprint density at radius 1 is 0.786 bits per heavy atom. The number of fused-ring (bicyclic) bond motifs is 3. The van der Waals surface area contributed by atoms with Crippen LogP contribution in [-0.4, -0.2) is 41.7 Å². The lowest BCUT2D eigenvalue weighted by molar-refractivity contribution is -0.147. The highest BCUT2D eigenvalue weighted by Gasteiger charge is 2.32. The molecule has 1 unspecified atom stereocenters. The molecule has 2 amide bonds. The molecule has 9 nitrogen and oxygen atoms in total. The third-order valence-corrected chi connectivity index (χ3v) is 7.86. The molecule has 0 fully saturated rings. The van der Waals surface area contributed by atoms with Crippen LogP contribution in [0.25, 0.3) is 11.1 Å². The molecule has 0 saturated carbocycles. The molecule has 1 aromatic heterocycles. The number of ether oxygens (including phenoxy) is 2. The Bertz CT molecular complexity index is 1530. The van der Waals surface area contributed by atoms with Crippen molar-refractivity contribution in [2.24, 2.45) is 0 Å². The molecular weight excluding hydrogens is 556 g/mol. The Kier molecular flexibility index (Phi) is 8.93. The zero-order valence-electron chi connectivity index (χ0n) is 22.4. The van der Waals surface area contributed by atoms with Crippen LogP contribution in [-0.2, 0) is 30.5 Å². The third kappa shape index (κ3) is 6.67. The minimum Gasteiger partial charge on any atom is -0.479 e. The van der Waals surface area contributed by atoms with Gasteiger partial charge in [-0.15, -0.1) is 11.3 Å². The Morgan fingerprint density at radius 2 is 1.43 bits per heavy atom. The second-order valence-corrected chi connectivity index (χ2v) is 10.6. The van der Waals surface area contributed by atoms with E-state index in [0.717, 1.165) is 39.2 Å². The van der Waals surface area contributed by atoms with Crippen molar-refractivity contribution in [3.63, 3.8) is 0 Å². The number of thiophene rings is 1. The molecule has 0 aliphatic heterocycles. The van der Waals surface area contributed by atoms with E-state index in [2.05, 4.69) is 10.6 Å². The van der Waals surface area contributed by atoms with Crippen molar-refractivity contribution < 1.29 is 33.8 Å². The molecule has 42 heavy (non-hydrogen) atoms. The minimum atomic E-state index is -1.44. The third-order valence-electron chi connectivity index (χ3n) is 6.93. The molecule has 0 radical (unpaired) electrons. The summed E-state index contributed by atoms with van der Waals surface area (Å²) in [5.41, 5.74) is 4.92. The number of carbonyl (C=O) groups excluding carboxylic acids is 3. The fraction of sp³-hybridized carbons (Fsp3) is 0.188. The normalized spacial score (nSPS) is 13.2. The van der Waals surface area contributed by atoms with Crippen LogP contribution in [0.5, 0.6) is 0 Å². The highest BCUT2D eigenvalue weighted by molar-refractivity contribution is 7.10. The Hall–Kier alpha value is -4.96. The lowest BCUT2D eigenvalue weighted by Crippen LogP contribution is -2.50. The second-order valence-electron chi connectivity index (χ2n) is 9.67. The number of benzene rings is 3. The van der Waals surface area contributed by atoms with E-state index in [1.54, 1.807) is 41.8 Å². The summed E-state index contributed by atoms with van der Waals surface area (Å²) in [5, 5.41) is 16.3. The van der Waals surface area contributed by atoms with Crippen molar-refractivity contribution in [1.29, 1.82) is 0 Å². The summed E-state index contributed by atoms with van der Waals surface area (Å²) >= 11 is 1.16. The van der Waals surface area contributed by atoms with Gasteiger partial charge in [0.05, 0.1) is 6.42 Å². The molecule has 1 aliphatic carbocycles. The predicted molar refractivity (Wildman–Crippen MR) is 156 cm³/mol. The number of hydrogen-bond acceptors (Lipinski definition) is 7.